The largest absolute Gasteiger partial charge is 0.497 e. The van der Waals surface area contributed by atoms with Crippen LogP contribution in [0.3, 0.4) is 0 Å². The number of benzene rings is 2. The van der Waals surface area contributed by atoms with Gasteiger partial charge in [-0.2, -0.15) is 0 Å². The first kappa shape index (κ1) is 18.3. The van der Waals surface area contributed by atoms with Gasteiger partial charge in [-0.1, -0.05) is 33.6 Å². The van der Waals surface area contributed by atoms with E-state index in [0.29, 0.717) is 33.2 Å². The number of ether oxygens (including phenoxy) is 2. The molecule has 126 valence electrons. The molecule has 0 fully saturated rings. The predicted molar refractivity (Wildman–Crippen MR) is 96.6 cm³/mol. The van der Waals surface area contributed by atoms with E-state index in [4.69, 9.17) is 26.8 Å². The Morgan fingerprint density at radius 3 is 2.38 bits per heavy atom. The smallest absolute Gasteiger partial charge is 0.249 e. The Labute approximate surface area is 152 Å². The van der Waals surface area contributed by atoms with Gasteiger partial charge in [-0.25, -0.2) is 0 Å². The number of carbonyl (C=O) groups is 2. The first-order valence-corrected chi connectivity index (χ1v) is 8.37. The van der Waals surface area contributed by atoms with E-state index in [0.717, 1.165) is 0 Å². The van der Waals surface area contributed by atoms with Crippen LogP contribution in [0.4, 0.5) is 0 Å². The highest BCUT2D eigenvalue weighted by atomic mass is 79.9. The van der Waals surface area contributed by atoms with Gasteiger partial charge >= 0.3 is 0 Å². The monoisotopic (exact) mass is 411 g/mol. The number of amides is 1. The topological polar surface area (TPSA) is 78.6 Å². The van der Waals surface area contributed by atoms with Crippen LogP contribution in [-0.4, -0.2) is 31.2 Å². The molecule has 1 amide bonds. The Hall–Kier alpha value is -2.05. The van der Waals surface area contributed by atoms with Crippen LogP contribution in [0, 0.1) is 0 Å². The molecule has 0 aliphatic carbocycles. The third-order valence-corrected chi connectivity index (χ3v) is 4.31. The van der Waals surface area contributed by atoms with Gasteiger partial charge in [0.1, 0.15) is 11.5 Å². The number of alkyl halides is 1. The van der Waals surface area contributed by atoms with Crippen LogP contribution in [0.1, 0.15) is 20.7 Å². The lowest BCUT2D eigenvalue weighted by molar-refractivity contribution is 0.0997. The summed E-state index contributed by atoms with van der Waals surface area (Å²) in [7, 11) is 2.96. The molecular formula is C17H15BrClNO4. The molecule has 2 aromatic rings. The van der Waals surface area contributed by atoms with Crippen LogP contribution in [0.25, 0.3) is 11.1 Å². The van der Waals surface area contributed by atoms with Crippen LogP contribution in [-0.2, 0) is 0 Å². The molecule has 0 bridgehead atoms. The lowest BCUT2D eigenvalue weighted by Gasteiger charge is -2.15. The molecule has 0 radical (unpaired) electrons. The first-order valence-electron chi connectivity index (χ1n) is 6.87. The van der Waals surface area contributed by atoms with Gasteiger partial charge in [0.25, 0.3) is 0 Å². The summed E-state index contributed by atoms with van der Waals surface area (Å²) in [4.78, 5) is 23.9. The Morgan fingerprint density at radius 2 is 1.83 bits per heavy atom. The van der Waals surface area contributed by atoms with Crippen molar-refractivity contribution in [3.8, 4) is 22.6 Å². The van der Waals surface area contributed by atoms with Crippen LogP contribution >= 0.6 is 27.5 Å². The van der Waals surface area contributed by atoms with Crippen LogP contribution in [0.15, 0.2) is 30.3 Å². The summed E-state index contributed by atoms with van der Waals surface area (Å²) in [5, 5.41) is 0.467. The molecule has 0 aliphatic rings. The third-order valence-electron chi connectivity index (χ3n) is 3.47. The van der Waals surface area contributed by atoms with Crippen LogP contribution in [0.2, 0.25) is 5.02 Å². The van der Waals surface area contributed by atoms with Crippen LogP contribution < -0.4 is 15.2 Å². The molecule has 2 rings (SSSR count). The van der Waals surface area contributed by atoms with Crippen molar-refractivity contribution in [1.82, 2.24) is 0 Å². The number of nitrogens with two attached hydrogens (primary N) is 1. The van der Waals surface area contributed by atoms with Gasteiger partial charge in [0.15, 0.2) is 5.78 Å². The second-order valence-corrected chi connectivity index (χ2v) is 5.84. The second-order valence-electron chi connectivity index (χ2n) is 4.87. The van der Waals surface area contributed by atoms with Crippen molar-refractivity contribution in [1.29, 1.82) is 0 Å². The Morgan fingerprint density at radius 1 is 1.12 bits per heavy atom. The van der Waals surface area contributed by atoms with Gasteiger partial charge in [0.05, 0.1) is 30.1 Å². The van der Waals surface area contributed by atoms with E-state index < -0.39 is 5.91 Å². The van der Waals surface area contributed by atoms with Crippen molar-refractivity contribution in [3.63, 3.8) is 0 Å². The van der Waals surface area contributed by atoms with Crippen molar-refractivity contribution >= 4 is 39.2 Å². The molecule has 2 aromatic carbocycles. The molecule has 0 saturated carbocycles. The van der Waals surface area contributed by atoms with Crippen molar-refractivity contribution in [2.75, 3.05) is 19.5 Å². The van der Waals surface area contributed by atoms with E-state index in [1.807, 2.05) is 0 Å². The second kappa shape index (κ2) is 7.68. The summed E-state index contributed by atoms with van der Waals surface area (Å²) in [6.45, 7) is 0. The summed E-state index contributed by atoms with van der Waals surface area (Å²) in [6, 6.07) is 8.08. The molecule has 5 nitrogen and oxygen atoms in total. The molecule has 0 aromatic heterocycles. The highest BCUT2D eigenvalue weighted by Crippen LogP contribution is 2.38. The number of Topliss-reactive ketones (excluding diaryl/α,β-unsaturated/α-hetero) is 1. The summed E-state index contributed by atoms with van der Waals surface area (Å²) < 4.78 is 10.5. The number of primary amides is 1. The fourth-order valence-corrected chi connectivity index (χ4v) is 2.85. The van der Waals surface area contributed by atoms with Crippen molar-refractivity contribution in [2.45, 2.75) is 0 Å². The maximum atomic E-state index is 12.0. The minimum Gasteiger partial charge on any atom is -0.497 e. The Balaban J connectivity index is 2.76. The number of halogens is 2. The van der Waals surface area contributed by atoms with E-state index in [2.05, 4.69) is 15.9 Å². The molecule has 0 atom stereocenters. The molecular weight excluding hydrogens is 398 g/mol. The van der Waals surface area contributed by atoms with Gasteiger partial charge in [0, 0.05) is 17.2 Å². The number of carbonyl (C=O) groups excluding carboxylic acids is 2. The summed E-state index contributed by atoms with van der Waals surface area (Å²) in [5.41, 5.74) is 7.15. The molecule has 0 heterocycles. The lowest BCUT2D eigenvalue weighted by atomic mass is 9.95. The van der Waals surface area contributed by atoms with E-state index in [9.17, 15) is 9.59 Å². The van der Waals surface area contributed by atoms with E-state index >= 15 is 0 Å². The molecule has 0 spiro atoms. The van der Waals surface area contributed by atoms with Gasteiger partial charge in [-0.3, -0.25) is 9.59 Å². The predicted octanol–water partition coefficient (Wildman–Crippen LogP) is 3.70. The van der Waals surface area contributed by atoms with Gasteiger partial charge < -0.3 is 15.2 Å². The van der Waals surface area contributed by atoms with E-state index in [-0.39, 0.29) is 16.7 Å². The van der Waals surface area contributed by atoms with Gasteiger partial charge in [-0.15, -0.1) is 0 Å². The van der Waals surface area contributed by atoms with Gasteiger partial charge in [0.2, 0.25) is 5.91 Å². The average Bonchev–Trinajstić information content (AvgIpc) is 2.60. The minimum atomic E-state index is -0.634. The number of ketones is 1. The van der Waals surface area contributed by atoms with E-state index in [1.54, 1.807) is 24.3 Å². The minimum absolute atomic E-state index is 0.137. The van der Waals surface area contributed by atoms with Crippen molar-refractivity contribution in [2.24, 2.45) is 5.73 Å². The fourth-order valence-electron chi connectivity index (χ4n) is 2.33. The quantitative estimate of drug-likeness (QED) is 0.579. The average molecular weight is 413 g/mol. The Bertz CT molecular complexity index is 807. The van der Waals surface area contributed by atoms with Crippen molar-refractivity contribution < 1.29 is 19.1 Å². The molecule has 0 aliphatic heterocycles. The molecule has 0 unspecified atom stereocenters. The summed E-state index contributed by atoms with van der Waals surface area (Å²) in [6.07, 6.45) is 0. The SMILES string of the molecule is COc1cc(OC)c(-c2ccc(Cl)c(C(=O)CBr)c2)c(C(N)=O)c1. The maximum absolute atomic E-state index is 12.0. The van der Waals surface area contributed by atoms with Gasteiger partial charge in [-0.05, 0) is 23.8 Å². The van der Waals surface area contributed by atoms with Crippen LogP contribution in [0.5, 0.6) is 11.5 Å². The van der Waals surface area contributed by atoms with Crippen molar-refractivity contribution in [3.05, 3.63) is 46.5 Å². The highest BCUT2D eigenvalue weighted by Gasteiger charge is 2.20. The molecule has 24 heavy (non-hydrogen) atoms. The molecule has 0 saturated heterocycles. The van der Waals surface area contributed by atoms with E-state index in [1.165, 1.54) is 20.3 Å². The standard InChI is InChI=1S/C17H15BrClNO4/c1-23-10-6-12(17(20)22)16(15(7-10)24-2)9-3-4-13(19)11(5-9)14(21)8-18/h3-7H,8H2,1-2H3,(H2,20,22). The number of hydrogen-bond acceptors (Lipinski definition) is 4. The lowest BCUT2D eigenvalue weighted by Crippen LogP contribution is -2.13. The first-order chi connectivity index (χ1) is 11.4. The fraction of sp³-hybridized carbons (Fsp3) is 0.176. The highest BCUT2D eigenvalue weighted by molar-refractivity contribution is 9.09. The molecule has 2 N–H and O–H groups in total. The molecule has 7 heteroatoms. The summed E-state index contributed by atoms with van der Waals surface area (Å²) >= 11 is 9.22. The number of hydrogen-bond donors (Lipinski definition) is 1. The zero-order valence-corrected chi connectivity index (χ0v) is 15.4. The zero-order valence-electron chi connectivity index (χ0n) is 13.1. The third kappa shape index (κ3) is 3.55. The summed E-state index contributed by atoms with van der Waals surface area (Å²) in [5.74, 6) is 0.0401. The normalized spacial score (nSPS) is 10.3. The zero-order chi connectivity index (χ0) is 17.9. The number of methoxy groups -OCH3 is 2. The Kier molecular flexibility index (Phi) is 5.85. The maximum Gasteiger partial charge on any atom is 0.249 e. The number of rotatable bonds is 6.